The van der Waals surface area contributed by atoms with Crippen LogP contribution in [0.5, 0.6) is 0 Å². The summed E-state index contributed by atoms with van der Waals surface area (Å²) in [6.07, 6.45) is 0.584. The molecule has 0 fully saturated rings. The number of hydrogen-bond donors (Lipinski definition) is 2. The molecule has 5 heteroatoms. The molecule has 4 nitrogen and oxygen atoms in total. The fraction of sp³-hybridized carbons (Fsp3) is 0.231. The third kappa shape index (κ3) is 2.73. The second-order valence-electron chi connectivity index (χ2n) is 3.98. The molecule has 0 saturated heterocycles. The molecular formula is C13H14N2O2S. The van der Waals surface area contributed by atoms with E-state index in [9.17, 15) is 9.59 Å². The second kappa shape index (κ2) is 5.27. The highest BCUT2D eigenvalue weighted by Crippen LogP contribution is 2.26. The van der Waals surface area contributed by atoms with E-state index in [-0.39, 0.29) is 5.56 Å². The molecule has 0 radical (unpaired) electrons. The van der Waals surface area contributed by atoms with Gasteiger partial charge in [-0.2, -0.15) is 0 Å². The lowest BCUT2D eigenvalue weighted by atomic mass is 10.2. The summed E-state index contributed by atoms with van der Waals surface area (Å²) in [6, 6.07) is 7.94. The molecule has 1 aromatic heterocycles. The Bertz CT molecular complexity index is 656. The van der Waals surface area contributed by atoms with Gasteiger partial charge in [0.1, 0.15) is 0 Å². The average Bonchev–Trinajstić information content (AvgIpc) is 2.32. The Morgan fingerprint density at radius 2 is 1.78 bits per heavy atom. The summed E-state index contributed by atoms with van der Waals surface area (Å²) in [5.74, 6) is 0. The molecule has 0 aliphatic rings. The van der Waals surface area contributed by atoms with Crippen molar-refractivity contribution >= 4 is 11.8 Å². The first-order chi connectivity index (χ1) is 8.60. The molecule has 0 unspecified atom stereocenters. The standard InChI is InChI=1S/C13H14N2O2S/c1-3-10-11(16)14-13(17)15-12(10)18-9-6-4-8(2)5-7-9/h4-7H,3H2,1-2H3,(H2,14,15,16,17). The summed E-state index contributed by atoms with van der Waals surface area (Å²) >= 11 is 1.40. The molecule has 0 bridgehead atoms. The van der Waals surface area contributed by atoms with Crippen molar-refractivity contribution in [2.24, 2.45) is 0 Å². The second-order valence-corrected chi connectivity index (χ2v) is 5.07. The molecule has 2 N–H and O–H groups in total. The van der Waals surface area contributed by atoms with Gasteiger partial charge in [0.15, 0.2) is 0 Å². The van der Waals surface area contributed by atoms with Gasteiger partial charge in [0.25, 0.3) is 5.56 Å². The topological polar surface area (TPSA) is 65.7 Å². The van der Waals surface area contributed by atoms with E-state index in [0.717, 1.165) is 4.90 Å². The van der Waals surface area contributed by atoms with Gasteiger partial charge < -0.3 is 4.98 Å². The number of aromatic nitrogens is 2. The number of hydrogen-bond acceptors (Lipinski definition) is 3. The van der Waals surface area contributed by atoms with Crippen LogP contribution in [0.25, 0.3) is 0 Å². The molecule has 1 aromatic carbocycles. The van der Waals surface area contributed by atoms with Crippen LogP contribution in [0.1, 0.15) is 18.1 Å². The smallest absolute Gasteiger partial charge is 0.301 e. The van der Waals surface area contributed by atoms with E-state index in [1.165, 1.54) is 17.3 Å². The van der Waals surface area contributed by atoms with E-state index in [2.05, 4.69) is 9.97 Å². The Kier molecular flexibility index (Phi) is 3.72. The zero-order valence-corrected chi connectivity index (χ0v) is 11.1. The van der Waals surface area contributed by atoms with Gasteiger partial charge in [-0.15, -0.1) is 0 Å². The number of H-pyrrole nitrogens is 2. The van der Waals surface area contributed by atoms with Gasteiger partial charge in [-0.05, 0) is 25.5 Å². The van der Waals surface area contributed by atoms with Crippen molar-refractivity contribution in [3.05, 3.63) is 56.2 Å². The van der Waals surface area contributed by atoms with Crippen LogP contribution in [0.15, 0.2) is 43.8 Å². The zero-order valence-electron chi connectivity index (χ0n) is 10.2. The Morgan fingerprint density at radius 1 is 1.11 bits per heavy atom. The van der Waals surface area contributed by atoms with E-state index < -0.39 is 5.69 Å². The van der Waals surface area contributed by atoms with Gasteiger partial charge in [-0.1, -0.05) is 36.4 Å². The first-order valence-electron chi connectivity index (χ1n) is 5.70. The summed E-state index contributed by atoms with van der Waals surface area (Å²) in [6.45, 7) is 3.91. The number of aromatic amines is 2. The van der Waals surface area contributed by atoms with Crippen molar-refractivity contribution in [2.45, 2.75) is 30.2 Å². The third-order valence-corrected chi connectivity index (χ3v) is 3.66. The van der Waals surface area contributed by atoms with Crippen LogP contribution in [-0.4, -0.2) is 9.97 Å². The van der Waals surface area contributed by atoms with Crippen LogP contribution in [0.4, 0.5) is 0 Å². The largest absolute Gasteiger partial charge is 0.326 e. The zero-order chi connectivity index (χ0) is 13.1. The lowest BCUT2D eigenvalue weighted by Gasteiger charge is -2.06. The summed E-state index contributed by atoms with van der Waals surface area (Å²) in [4.78, 5) is 28.9. The van der Waals surface area contributed by atoms with Crippen LogP contribution in [-0.2, 0) is 6.42 Å². The monoisotopic (exact) mass is 262 g/mol. The quantitative estimate of drug-likeness (QED) is 0.832. The lowest BCUT2D eigenvalue weighted by Crippen LogP contribution is -2.26. The molecule has 0 aliphatic heterocycles. The molecule has 18 heavy (non-hydrogen) atoms. The predicted molar refractivity (Wildman–Crippen MR) is 72.4 cm³/mol. The molecule has 0 spiro atoms. The van der Waals surface area contributed by atoms with Gasteiger partial charge in [0.05, 0.1) is 5.03 Å². The molecule has 0 aliphatic carbocycles. The van der Waals surface area contributed by atoms with Gasteiger partial charge in [-0.25, -0.2) is 4.79 Å². The summed E-state index contributed by atoms with van der Waals surface area (Å²) < 4.78 is 0. The van der Waals surface area contributed by atoms with Gasteiger partial charge in [0.2, 0.25) is 0 Å². The highest BCUT2D eigenvalue weighted by atomic mass is 32.2. The SMILES string of the molecule is CCc1c(Sc2ccc(C)cc2)[nH]c(=O)[nH]c1=O. The van der Waals surface area contributed by atoms with E-state index in [1.54, 1.807) is 0 Å². The van der Waals surface area contributed by atoms with E-state index >= 15 is 0 Å². The Hall–Kier alpha value is -1.75. The first kappa shape index (κ1) is 12.7. The van der Waals surface area contributed by atoms with Crippen molar-refractivity contribution < 1.29 is 0 Å². The molecule has 0 amide bonds. The molecule has 0 saturated carbocycles. The van der Waals surface area contributed by atoms with Crippen molar-refractivity contribution in [3.8, 4) is 0 Å². The Balaban J connectivity index is 2.42. The number of aryl methyl sites for hydroxylation is 1. The van der Waals surface area contributed by atoms with Crippen molar-refractivity contribution in [1.82, 2.24) is 9.97 Å². The van der Waals surface area contributed by atoms with Crippen LogP contribution < -0.4 is 11.2 Å². The van der Waals surface area contributed by atoms with Crippen LogP contribution >= 0.6 is 11.8 Å². The van der Waals surface area contributed by atoms with Gasteiger partial charge in [0, 0.05) is 10.5 Å². The van der Waals surface area contributed by atoms with E-state index in [4.69, 9.17) is 0 Å². The molecular weight excluding hydrogens is 248 g/mol. The minimum atomic E-state index is -0.466. The highest BCUT2D eigenvalue weighted by Gasteiger charge is 2.08. The van der Waals surface area contributed by atoms with E-state index in [0.29, 0.717) is 17.0 Å². The molecule has 1 heterocycles. The maximum Gasteiger partial charge on any atom is 0.326 e. The van der Waals surface area contributed by atoms with Crippen molar-refractivity contribution in [2.75, 3.05) is 0 Å². The molecule has 2 rings (SSSR count). The first-order valence-corrected chi connectivity index (χ1v) is 6.52. The third-order valence-electron chi connectivity index (χ3n) is 2.60. The molecule has 0 atom stereocenters. The van der Waals surface area contributed by atoms with Gasteiger partial charge in [-0.3, -0.25) is 9.78 Å². The number of benzene rings is 1. The van der Waals surface area contributed by atoms with Crippen LogP contribution in [0.3, 0.4) is 0 Å². The number of nitrogens with one attached hydrogen (secondary N) is 2. The van der Waals surface area contributed by atoms with Gasteiger partial charge >= 0.3 is 5.69 Å². The minimum Gasteiger partial charge on any atom is -0.301 e. The summed E-state index contributed by atoms with van der Waals surface area (Å²) in [5, 5.41) is 0.620. The maximum atomic E-state index is 11.6. The lowest BCUT2D eigenvalue weighted by molar-refractivity contribution is 0.875. The maximum absolute atomic E-state index is 11.6. The Labute approximate surface area is 108 Å². The fourth-order valence-electron chi connectivity index (χ4n) is 1.62. The predicted octanol–water partition coefficient (Wildman–Crippen LogP) is 2.09. The molecule has 2 aromatic rings. The van der Waals surface area contributed by atoms with E-state index in [1.807, 2.05) is 38.1 Å². The Morgan fingerprint density at radius 3 is 2.39 bits per heavy atom. The minimum absolute atomic E-state index is 0.309. The van der Waals surface area contributed by atoms with Crippen LogP contribution in [0, 0.1) is 6.92 Å². The van der Waals surface area contributed by atoms with Crippen molar-refractivity contribution in [1.29, 1.82) is 0 Å². The summed E-state index contributed by atoms with van der Waals surface area (Å²) in [7, 11) is 0. The number of rotatable bonds is 3. The highest BCUT2D eigenvalue weighted by molar-refractivity contribution is 7.99. The van der Waals surface area contributed by atoms with Crippen molar-refractivity contribution in [3.63, 3.8) is 0 Å². The average molecular weight is 262 g/mol. The normalized spacial score (nSPS) is 10.6. The fourth-order valence-corrected chi connectivity index (χ4v) is 2.64. The van der Waals surface area contributed by atoms with Crippen LogP contribution in [0.2, 0.25) is 0 Å². The molecule has 94 valence electrons. The summed E-state index contributed by atoms with van der Waals surface area (Å²) in [5.41, 5.74) is 1.01.